The maximum atomic E-state index is 14.3. The lowest BCUT2D eigenvalue weighted by Gasteiger charge is -2.36. The number of carbonyl (C=O) groups is 1. The van der Waals surface area contributed by atoms with E-state index < -0.39 is 23.3 Å². The van der Waals surface area contributed by atoms with Crippen LogP contribution in [0.25, 0.3) is 16.9 Å². The Morgan fingerprint density at radius 3 is 2.50 bits per heavy atom. The van der Waals surface area contributed by atoms with Crippen molar-refractivity contribution < 1.29 is 19.4 Å². The van der Waals surface area contributed by atoms with Gasteiger partial charge in [-0.15, -0.1) is 0 Å². The molecule has 3 heterocycles. The number of rotatable bonds is 8. The highest BCUT2D eigenvalue weighted by Gasteiger charge is 2.32. The van der Waals surface area contributed by atoms with E-state index in [1.165, 1.54) is 30.9 Å². The summed E-state index contributed by atoms with van der Waals surface area (Å²) in [4.78, 5) is 21.8. The fourth-order valence-electron chi connectivity index (χ4n) is 4.70. The number of aromatic nitrogens is 4. The van der Waals surface area contributed by atoms with Crippen LogP contribution >= 0.6 is 0 Å². The van der Waals surface area contributed by atoms with Gasteiger partial charge >= 0.3 is 0 Å². The monoisotopic (exact) mass is 523 g/mol. The summed E-state index contributed by atoms with van der Waals surface area (Å²) in [5.41, 5.74) is -0.667. The average Bonchev–Trinajstić information content (AvgIpc) is 3.29. The zero-order valence-corrected chi connectivity index (χ0v) is 22.1. The number of pyridine rings is 2. The summed E-state index contributed by atoms with van der Waals surface area (Å²) in [7, 11) is 0. The average molecular weight is 524 g/mol. The first-order chi connectivity index (χ1) is 17.9. The molecule has 0 aliphatic heterocycles. The van der Waals surface area contributed by atoms with Crippen molar-refractivity contribution in [2.75, 3.05) is 11.9 Å². The lowest BCUT2D eigenvalue weighted by atomic mass is 9.77. The van der Waals surface area contributed by atoms with Crippen LogP contribution in [0.1, 0.15) is 69.3 Å². The number of nitrogens with zero attached hydrogens (tertiary/aromatic N) is 5. The number of nitriles is 1. The third-order valence-corrected chi connectivity index (χ3v) is 7.18. The van der Waals surface area contributed by atoms with Crippen LogP contribution in [0.2, 0.25) is 0 Å². The van der Waals surface area contributed by atoms with Gasteiger partial charge in [0.05, 0.1) is 40.8 Å². The van der Waals surface area contributed by atoms with Gasteiger partial charge in [0.1, 0.15) is 12.2 Å². The number of hydrogen-bond acceptors (Lipinski definition) is 8. The Morgan fingerprint density at radius 1 is 1.16 bits per heavy atom. The van der Waals surface area contributed by atoms with E-state index in [4.69, 9.17) is 5.26 Å². The van der Waals surface area contributed by atoms with E-state index >= 15 is 0 Å². The van der Waals surface area contributed by atoms with E-state index in [-0.39, 0.29) is 24.1 Å². The standard InChI is InChI=1S/C27H34FN7O3/c1-26(2,37)18-5-7-19(8-6-18)34-21-10-23(35-24-17(13-33-35)9-16(11-29)12-31-24)30-14-20(21)25(36)32-15-22(28)27(3,4)38/h9-10,12-14,18-19,22,37-38H,5-8,15H2,1-4H3,(H,30,34)(H,32,36)/t18-,19-,22-/m1/s1. The number of aliphatic hydroxyl groups is 2. The quantitative estimate of drug-likeness (QED) is 0.352. The summed E-state index contributed by atoms with van der Waals surface area (Å²) < 4.78 is 15.8. The van der Waals surface area contributed by atoms with Crippen molar-refractivity contribution in [2.24, 2.45) is 5.92 Å². The number of carbonyl (C=O) groups excluding carboxylic acids is 1. The van der Waals surface area contributed by atoms with Gasteiger partial charge in [-0.3, -0.25) is 4.79 Å². The zero-order chi connectivity index (χ0) is 27.7. The van der Waals surface area contributed by atoms with Crippen molar-refractivity contribution in [1.29, 1.82) is 5.26 Å². The topological polar surface area (TPSA) is 149 Å². The minimum absolute atomic E-state index is 0.0615. The molecule has 38 heavy (non-hydrogen) atoms. The van der Waals surface area contributed by atoms with Crippen molar-refractivity contribution in [3.05, 3.63) is 41.9 Å². The predicted octanol–water partition coefficient (Wildman–Crippen LogP) is 3.27. The smallest absolute Gasteiger partial charge is 0.255 e. The third-order valence-electron chi connectivity index (χ3n) is 7.18. The van der Waals surface area contributed by atoms with Crippen LogP contribution in [-0.2, 0) is 0 Å². The molecule has 3 aromatic rings. The number of amides is 1. The van der Waals surface area contributed by atoms with Gasteiger partial charge in [-0.25, -0.2) is 14.4 Å². The van der Waals surface area contributed by atoms with Crippen LogP contribution in [0.3, 0.4) is 0 Å². The Bertz CT molecular complexity index is 1350. The molecule has 1 aliphatic rings. The molecule has 1 amide bonds. The minimum Gasteiger partial charge on any atom is -0.390 e. The molecule has 0 radical (unpaired) electrons. The van der Waals surface area contributed by atoms with Crippen LogP contribution in [-0.4, -0.2) is 65.8 Å². The minimum atomic E-state index is -1.65. The van der Waals surface area contributed by atoms with Crippen molar-refractivity contribution in [3.63, 3.8) is 0 Å². The number of nitrogens with one attached hydrogen (secondary N) is 2. The van der Waals surface area contributed by atoms with Crippen LogP contribution in [0.5, 0.6) is 0 Å². The van der Waals surface area contributed by atoms with Gasteiger partial charge in [0, 0.05) is 29.9 Å². The lowest BCUT2D eigenvalue weighted by molar-refractivity contribution is -0.00183. The molecule has 4 rings (SSSR count). The van der Waals surface area contributed by atoms with Gasteiger partial charge in [-0.1, -0.05) is 0 Å². The molecule has 1 aliphatic carbocycles. The summed E-state index contributed by atoms with van der Waals surface area (Å²) in [6.45, 7) is 6.00. The highest BCUT2D eigenvalue weighted by molar-refractivity contribution is 5.99. The van der Waals surface area contributed by atoms with Crippen LogP contribution < -0.4 is 10.6 Å². The highest BCUT2D eigenvalue weighted by Crippen LogP contribution is 2.34. The molecule has 202 valence electrons. The number of alkyl halides is 1. The molecule has 11 heteroatoms. The van der Waals surface area contributed by atoms with Crippen molar-refractivity contribution in [2.45, 2.75) is 76.8 Å². The van der Waals surface area contributed by atoms with Gasteiger partial charge in [-0.2, -0.15) is 15.0 Å². The van der Waals surface area contributed by atoms with Gasteiger partial charge in [0.15, 0.2) is 11.5 Å². The molecule has 0 saturated heterocycles. The Balaban J connectivity index is 1.63. The molecule has 0 aromatic carbocycles. The molecule has 4 N–H and O–H groups in total. The van der Waals surface area contributed by atoms with Gasteiger partial charge < -0.3 is 20.8 Å². The molecular formula is C27H34FN7O3. The normalized spacial score (nSPS) is 19.1. The second kappa shape index (κ2) is 10.6. The molecular weight excluding hydrogens is 489 g/mol. The van der Waals surface area contributed by atoms with Gasteiger partial charge in [0.2, 0.25) is 0 Å². The van der Waals surface area contributed by atoms with E-state index in [0.29, 0.717) is 28.1 Å². The maximum absolute atomic E-state index is 14.3. The second-order valence-electron chi connectivity index (χ2n) is 11.1. The lowest BCUT2D eigenvalue weighted by Crippen LogP contribution is -2.42. The third kappa shape index (κ3) is 6.09. The van der Waals surface area contributed by atoms with E-state index in [9.17, 15) is 19.4 Å². The molecule has 3 aromatic heterocycles. The second-order valence-corrected chi connectivity index (χ2v) is 11.1. The van der Waals surface area contributed by atoms with Crippen LogP contribution in [0, 0.1) is 17.2 Å². The largest absolute Gasteiger partial charge is 0.390 e. The molecule has 10 nitrogen and oxygen atoms in total. The first-order valence-electron chi connectivity index (χ1n) is 12.7. The molecule has 0 unspecified atom stereocenters. The van der Waals surface area contributed by atoms with Crippen molar-refractivity contribution in [1.82, 2.24) is 25.1 Å². The summed E-state index contributed by atoms with van der Waals surface area (Å²) in [6, 6.07) is 5.50. The van der Waals surface area contributed by atoms with Gasteiger partial charge in [0.25, 0.3) is 5.91 Å². The van der Waals surface area contributed by atoms with Crippen molar-refractivity contribution in [3.8, 4) is 11.9 Å². The predicted molar refractivity (Wildman–Crippen MR) is 141 cm³/mol. The van der Waals surface area contributed by atoms with E-state index in [2.05, 4.69) is 31.8 Å². The fourth-order valence-corrected chi connectivity index (χ4v) is 4.70. The summed E-state index contributed by atoms with van der Waals surface area (Å²) in [5.74, 6) is 0.0893. The van der Waals surface area contributed by atoms with Crippen molar-refractivity contribution >= 4 is 22.6 Å². The summed E-state index contributed by atoms with van der Waals surface area (Å²) in [6.07, 6.45) is 6.10. The van der Waals surface area contributed by atoms with E-state index in [1.54, 1.807) is 18.3 Å². The molecule has 1 atom stereocenters. The Morgan fingerprint density at radius 2 is 1.87 bits per heavy atom. The molecule has 0 spiro atoms. The summed E-state index contributed by atoms with van der Waals surface area (Å²) in [5, 5.41) is 40.5. The number of hydrogen-bond donors (Lipinski definition) is 4. The Hall–Kier alpha value is -3.62. The number of anilines is 1. The van der Waals surface area contributed by atoms with Crippen LogP contribution in [0.4, 0.5) is 10.1 Å². The molecule has 0 bridgehead atoms. The first kappa shape index (κ1) is 27.4. The first-order valence-corrected chi connectivity index (χ1v) is 12.7. The Labute approximate surface area is 220 Å². The SMILES string of the molecule is CC(C)(O)[C@H](F)CNC(=O)c1cnc(-n2ncc3cc(C#N)cnc32)cc1N[C@H]1CC[C@H](C(C)(C)O)CC1. The number of halogens is 1. The maximum Gasteiger partial charge on any atom is 0.255 e. The molecule has 1 fully saturated rings. The fraction of sp³-hybridized carbons (Fsp3) is 0.519. The molecule has 1 saturated carbocycles. The van der Waals surface area contributed by atoms with E-state index in [0.717, 1.165) is 25.7 Å². The van der Waals surface area contributed by atoms with Gasteiger partial charge in [-0.05, 0) is 65.4 Å². The summed E-state index contributed by atoms with van der Waals surface area (Å²) >= 11 is 0. The van der Waals surface area contributed by atoms with E-state index in [1.807, 2.05) is 13.8 Å². The van der Waals surface area contributed by atoms with Crippen LogP contribution in [0.15, 0.2) is 30.7 Å². The number of fused-ring (bicyclic) bond motifs is 1. The highest BCUT2D eigenvalue weighted by atomic mass is 19.1. The Kier molecular flexibility index (Phi) is 7.67. The zero-order valence-electron chi connectivity index (χ0n) is 22.1.